The first-order chi connectivity index (χ1) is 14.1. The monoisotopic (exact) mass is 441 g/mol. The second kappa shape index (κ2) is 8.89. The van der Waals surface area contributed by atoms with Crippen LogP contribution in [-0.2, 0) is 11.2 Å². The second-order valence-corrected chi connectivity index (χ2v) is 10.0. The number of carbonyl (C=O) groups is 1. The van der Waals surface area contributed by atoms with Gasteiger partial charge < -0.3 is 10.6 Å². The van der Waals surface area contributed by atoms with Crippen LogP contribution in [0.25, 0.3) is 10.2 Å². The van der Waals surface area contributed by atoms with E-state index in [4.69, 9.17) is 0 Å². The molecule has 1 atom stereocenters. The van der Waals surface area contributed by atoms with Crippen molar-refractivity contribution in [3.8, 4) is 0 Å². The molecule has 0 radical (unpaired) electrons. The number of rotatable bonds is 7. The van der Waals surface area contributed by atoms with E-state index in [-0.39, 0.29) is 11.2 Å². The minimum atomic E-state index is -0.268. The van der Waals surface area contributed by atoms with E-state index in [1.165, 1.54) is 27.8 Å². The lowest BCUT2D eigenvalue weighted by atomic mass is 10.1. The predicted molar refractivity (Wildman–Crippen MR) is 122 cm³/mol. The molecule has 0 aliphatic carbocycles. The Kier molecular flexibility index (Phi) is 6.08. The number of fused-ring (bicyclic) bond motifs is 1. The van der Waals surface area contributed by atoms with Crippen LogP contribution in [0.4, 0.5) is 10.8 Å². The highest BCUT2D eigenvalue weighted by molar-refractivity contribution is 8.02. The smallest absolute Gasteiger partial charge is 0.237 e. The summed E-state index contributed by atoms with van der Waals surface area (Å²) < 4.78 is 1.97. The average molecular weight is 442 g/mol. The minimum absolute atomic E-state index is 0.0601. The van der Waals surface area contributed by atoms with Crippen LogP contribution in [0.2, 0.25) is 0 Å². The minimum Gasteiger partial charge on any atom is -0.363 e. The Balaban J connectivity index is 1.35. The van der Waals surface area contributed by atoms with Gasteiger partial charge in [0.25, 0.3) is 0 Å². The Labute approximate surface area is 180 Å². The number of anilines is 2. The summed E-state index contributed by atoms with van der Waals surface area (Å²) in [6.07, 6.45) is 0.782. The molecule has 148 valence electrons. The maximum Gasteiger partial charge on any atom is 0.237 e. The van der Waals surface area contributed by atoms with E-state index in [0.717, 1.165) is 37.7 Å². The summed E-state index contributed by atoms with van der Waals surface area (Å²) in [7, 11) is 1.80. The Hall–Kier alpha value is -2.49. The van der Waals surface area contributed by atoms with Gasteiger partial charge in [0.15, 0.2) is 4.34 Å². The summed E-state index contributed by atoms with van der Waals surface area (Å²) in [5, 5.41) is 15.5. The highest BCUT2D eigenvalue weighted by Crippen LogP contribution is 2.29. The summed E-state index contributed by atoms with van der Waals surface area (Å²) in [6.45, 7) is 1.86. The molecule has 4 aromatic rings. The fourth-order valence-electron chi connectivity index (χ4n) is 2.68. The van der Waals surface area contributed by atoms with Gasteiger partial charge in [0.2, 0.25) is 11.0 Å². The Bertz CT molecular complexity index is 1090. The molecule has 1 unspecified atom stereocenters. The van der Waals surface area contributed by atoms with Crippen molar-refractivity contribution in [3.63, 3.8) is 0 Å². The maximum absolute atomic E-state index is 12.5. The van der Waals surface area contributed by atoms with E-state index in [9.17, 15) is 4.79 Å². The number of nitrogens with zero attached hydrogens (tertiary/aromatic N) is 3. The van der Waals surface area contributed by atoms with Gasteiger partial charge in [-0.3, -0.25) is 4.79 Å². The summed E-state index contributed by atoms with van der Waals surface area (Å²) in [6, 6.07) is 16.1. The van der Waals surface area contributed by atoms with E-state index >= 15 is 0 Å². The molecule has 9 heteroatoms. The van der Waals surface area contributed by atoms with Gasteiger partial charge in [0.05, 0.1) is 20.5 Å². The van der Waals surface area contributed by atoms with E-state index in [2.05, 4.69) is 31.9 Å². The van der Waals surface area contributed by atoms with Crippen LogP contribution in [-0.4, -0.2) is 33.4 Å². The summed E-state index contributed by atoms with van der Waals surface area (Å²) in [5.41, 5.74) is 2.99. The van der Waals surface area contributed by atoms with Crippen LogP contribution in [0.5, 0.6) is 0 Å². The van der Waals surface area contributed by atoms with Crippen LogP contribution in [0.15, 0.2) is 52.9 Å². The third kappa shape index (κ3) is 4.92. The van der Waals surface area contributed by atoms with Crippen molar-refractivity contribution in [1.82, 2.24) is 15.2 Å². The van der Waals surface area contributed by atoms with Crippen molar-refractivity contribution in [2.75, 3.05) is 17.7 Å². The van der Waals surface area contributed by atoms with Crippen molar-refractivity contribution in [2.45, 2.75) is 22.9 Å². The van der Waals surface area contributed by atoms with Crippen LogP contribution in [0, 0.1) is 0 Å². The normalized spacial score (nSPS) is 12.1. The fourth-order valence-corrected chi connectivity index (χ4v) is 5.53. The molecule has 2 heterocycles. The first-order valence-corrected chi connectivity index (χ1v) is 11.5. The van der Waals surface area contributed by atoms with Crippen LogP contribution < -0.4 is 10.6 Å². The van der Waals surface area contributed by atoms with Gasteiger partial charge >= 0.3 is 0 Å². The molecule has 0 fully saturated rings. The van der Waals surface area contributed by atoms with Gasteiger partial charge in [0, 0.05) is 19.2 Å². The molecule has 0 aliphatic heterocycles. The Morgan fingerprint density at radius 1 is 1.10 bits per heavy atom. The number of benzene rings is 2. The van der Waals surface area contributed by atoms with E-state index < -0.39 is 0 Å². The lowest BCUT2D eigenvalue weighted by molar-refractivity contribution is -0.115. The lowest BCUT2D eigenvalue weighted by Gasteiger charge is -2.10. The number of thioether (sulfide) groups is 1. The van der Waals surface area contributed by atoms with Gasteiger partial charge in [0.1, 0.15) is 0 Å². The van der Waals surface area contributed by atoms with Gasteiger partial charge in [-0.05, 0) is 36.8 Å². The quantitative estimate of drug-likeness (QED) is 0.397. The van der Waals surface area contributed by atoms with E-state index in [1.807, 2.05) is 49.4 Å². The number of carbonyl (C=O) groups excluding carboxylic acids is 1. The van der Waals surface area contributed by atoms with Gasteiger partial charge in [-0.25, -0.2) is 4.98 Å². The molecular weight excluding hydrogens is 422 g/mol. The van der Waals surface area contributed by atoms with Crippen LogP contribution in [0.1, 0.15) is 17.5 Å². The zero-order valence-electron chi connectivity index (χ0n) is 15.9. The number of hydrogen-bond acceptors (Lipinski definition) is 8. The van der Waals surface area contributed by atoms with Gasteiger partial charge in [-0.1, -0.05) is 47.4 Å². The van der Waals surface area contributed by atoms with Gasteiger partial charge in [-0.2, -0.15) is 0 Å². The number of thiazole rings is 1. The molecule has 29 heavy (non-hydrogen) atoms. The Morgan fingerprint density at radius 3 is 2.62 bits per heavy atom. The number of nitrogens with one attached hydrogen (secondary N) is 2. The third-order valence-corrected chi connectivity index (χ3v) is 7.34. The van der Waals surface area contributed by atoms with Crippen molar-refractivity contribution in [2.24, 2.45) is 0 Å². The topological polar surface area (TPSA) is 79.8 Å². The van der Waals surface area contributed by atoms with Crippen molar-refractivity contribution in [1.29, 1.82) is 0 Å². The molecule has 0 saturated heterocycles. The Morgan fingerprint density at radius 2 is 1.90 bits per heavy atom. The number of hydrogen-bond donors (Lipinski definition) is 2. The standard InChI is InChI=1S/C20H19N5OS3/c1-12(27-20-25-24-19(21-2)29-20)18(26)22-14-9-7-13(8-10-14)11-17-23-15-5-3-4-6-16(15)28-17/h3-10,12H,11H2,1-2H3,(H,21,24)(H,22,26). The molecule has 1 amide bonds. The highest BCUT2D eigenvalue weighted by atomic mass is 32.2. The molecule has 0 spiro atoms. The first kappa shape index (κ1) is 19.8. The van der Waals surface area contributed by atoms with Gasteiger partial charge in [-0.15, -0.1) is 21.5 Å². The summed E-state index contributed by atoms with van der Waals surface area (Å²) >= 11 is 4.55. The van der Waals surface area contributed by atoms with Crippen LogP contribution in [0.3, 0.4) is 0 Å². The molecule has 2 aromatic heterocycles. The fraction of sp³-hybridized carbons (Fsp3) is 0.200. The molecule has 0 aliphatic rings. The first-order valence-electron chi connectivity index (χ1n) is 9.03. The number of para-hydroxylation sites is 1. The molecule has 2 N–H and O–H groups in total. The predicted octanol–water partition coefficient (Wildman–Crippen LogP) is 4.90. The SMILES string of the molecule is CNc1nnc(SC(C)C(=O)Nc2ccc(Cc3nc4ccccc4s3)cc2)s1. The molecular formula is C20H19N5OS3. The zero-order valence-corrected chi connectivity index (χ0v) is 18.3. The molecule has 2 aromatic carbocycles. The molecule has 0 bridgehead atoms. The third-order valence-electron chi connectivity index (χ3n) is 4.18. The van der Waals surface area contributed by atoms with Crippen molar-refractivity contribution in [3.05, 3.63) is 59.1 Å². The average Bonchev–Trinajstić information content (AvgIpc) is 3.35. The molecule has 0 saturated carbocycles. The van der Waals surface area contributed by atoms with Crippen LogP contribution >= 0.6 is 34.4 Å². The summed E-state index contributed by atoms with van der Waals surface area (Å²) in [5.74, 6) is -0.0601. The number of aromatic nitrogens is 3. The molecule has 4 rings (SSSR count). The number of amides is 1. The summed E-state index contributed by atoms with van der Waals surface area (Å²) in [4.78, 5) is 17.2. The lowest BCUT2D eigenvalue weighted by Crippen LogP contribution is -2.22. The van der Waals surface area contributed by atoms with Crippen molar-refractivity contribution < 1.29 is 4.79 Å². The second-order valence-electron chi connectivity index (χ2n) is 6.32. The highest BCUT2D eigenvalue weighted by Gasteiger charge is 2.17. The zero-order chi connectivity index (χ0) is 20.2. The van der Waals surface area contributed by atoms with E-state index in [0.29, 0.717) is 0 Å². The van der Waals surface area contributed by atoms with Crippen molar-refractivity contribution >= 4 is 61.4 Å². The largest absolute Gasteiger partial charge is 0.363 e. The molecule has 6 nitrogen and oxygen atoms in total. The van der Waals surface area contributed by atoms with E-state index in [1.54, 1.807) is 18.4 Å². The maximum atomic E-state index is 12.5.